The van der Waals surface area contributed by atoms with Crippen molar-refractivity contribution in [2.24, 2.45) is 5.41 Å². The SMILES string of the molecule is CCC1(C)COC(C)(C(F)(F)F)N(CC(=O)OC(=O)OC(C)(C)C)C1=O. The van der Waals surface area contributed by atoms with Crippen molar-refractivity contribution in [3.63, 3.8) is 0 Å². The Bertz CT molecular complexity index is 586. The molecule has 0 bridgehead atoms. The second kappa shape index (κ2) is 7.05. The summed E-state index contributed by atoms with van der Waals surface area (Å²) in [5.41, 5.74) is -5.19. The van der Waals surface area contributed by atoms with Gasteiger partial charge in [-0.25, -0.2) is 9.59 Å². The van der Waals surface area contributed by atoms with Crippen molar-refractivity contribution in [3.05, 3.63) is 0 Å². The van der Waals surface area contributed by atoms with E-state index in [-0.39, 0.29) is 11.3 Å². The molecule has 10 heteroatoms. The molecule has 1 aliphatic heterocycles. The van der Waals surface area contributed by atoms with E-state index in [2.05, 4.69) is 4.74 Å². The van der Waals surface area contributed by atoms with Crippen molar-refractivity contribution in [1.29, 1.82) is 0 Å². The second-order valence-electron chi connectivity index (χ2n) is 7.51. The van der Waals surface area contributed by atoms with E-state index < -0.39 is 54.1 Å². The number of amides is 1. The van der Waals surface area contributed by atoms with Crippen LogP contribution in [0.2, 0.25) is 0 Å². The third-order valence-electron chi connectivity index (χ3n) is 4.13. The average Bonchev–Trinajstić information content (AvgIpc) is 2.44. The van der Waals surface area contributed by atoms with Crippen molar-refractivity contribution in [1.82, 2.24) is 4.90 Å². The lowest BCUT2D eigenvalue weighted by Crippen LogP contribution is -2.69. The van der Waals surface area contributed by atoms with Gasteiger partial charge in [-0.3, -0.25) is 9.69 Å². The smallest absolute Gasteiger partial charge is 0.428 e. The Morgan fingerprint density at radius 1 is 1.23 bits per heavy atom. The monoisotopic (exact) mass is 383 g/mol. The number of rotatable bonds is 3. The number of nitrogens with zero attached hydrogens (tertiary/aromatic N) is 1. The van der Waals surface area contributed by atoms with Crippen LogP contribution in [0, 0.1) is 5.41 Å². The van der Waals surface area contributed by atoms with Crippen molar-refractivity contribution in [2.75, 3.05) is 13.2 Å². The average molecular weight is 383 g/mol. The maximum Gasteiger partial charge on any atom is 0.516 e. The third-order valence-corrected chi connectivity index (χ3v) is 4.13. The lowest BCUT2D eigenvalue weighted by molar-refractivity contribution is -0.338. The van der Waals surface area contributed by atoms with E-state index >= 15 is 0 Å². The van der Waals surface area contributed by atoms with Crippen LogP contribution < -0.4 is 0 Å². The van der Waals surface area contributed by atoms with Gasteiger partial charge in [-0.05, 0) is 41.0 Å². The largest absolute Gasteiger partial charge is 0.516 e. The molecule has 0 aromatic heterocycles. The number of alkyl halides is 3. The first kappa shape index (κ1) is 22.2. The zero-order valence-electron chi connectivity index (χ0n) is 15.7. The highest BCUT2D eigenvalue weighted by Gasteiger charge is 2.63. The molecule has 26 heavy (non-hydrogen) atoms. The topological polar surface area (TPSA) is 82.1 Å². The minimum Gasteiger partial charge on any atom is -0.428 e. The first-order valence-electron chi connectivity index (χ1n) is 8.02. The van der Waals surface area contributed by atoms with Gasteiger partial charge in [0.15, 0.2) is 0 Å². The van der Waals surface area contributed by atoms with Gasteiger partial charge in [-0.15, -0.1) is 0 Å². The van der Waals surface area contributed by atoms with E-state index in [9.17, 15) is 27.6 Å². The minimum atomic E-state index is -4.95. The molecule has 1 fully saturated rings. The molecule has 1 saturated heterocycles. The fraction of sp³-hybridized carbons (Fsp3) is 0.812. The summed E-state index contributed by atoms with van der Waals surface area (Å²) in [7, 11) is 0. The normalized spacial score (nSPS) is 27.3. The highest BCUT2D eigenvalue weighted by atomic mass is 19.4. The molecule has 0 aromatic carbocycles. The standard InChI is InChI=1S/C16H24F3NO6/c1-7-14(5)9-24-15(6,16(17,18)19)20(11(14)22)8-10(21)25-12(23)26-13(2,3)4/h7-9H2,1-6H3. The first-order chi connectivity index (χ1) is 11.6. The molecule has 2 unspecified atom stereocenters. The zero-order chi connectivity index (χ0) is 20.6. The highest BCUT2D eigenvalue weighted by molar-refractivity contribution is 5.90. The Kier molecular flexibility index (Phi) is 6.02. The van der Waals surface area contributed by atoms with Crippen LogP contribution >= 0.6 is 0 Å². The second-order valence-corrected chi connectivity index (χ2v) is 7.51. The highest BCUT2D eigenvalue weighted by Crippen LogP contribution is 2.44. The van der Waals surface area contributed by atoms with Crippen molar-refractivity contribution < 1.29 is 41.8 Å². The van der Waals surface area contributed by atoms with Gasteiger partial charge in [0.25, 0.3) is 0 Å². The predicted molar refractivity (Wildman–Crippen MR) is 82.8 cm³/mol. The molecule has 0 spiro atoms. The predicted octanol–water partition coefficient (Wildman–Crippen LogP) is 3.02. The Morgan fingerprint density at radius 3 is 2.19 bits per heavy atom. The number of carbonyl (C=O) groups is 3. The molecule has 1 rings (SSSR count). The van der Waals surface area contributed by atoms with Crippen LogP contribution in [0.15, 0.2) is 0 Å². The van der Waals surface area contributed by atoms with Gasteiger partial charge in [-0.2, -0.15) is 13.2 Å². The molecule has 1 heterocycles. The molecule has 1 aliphatic rings. The summed E-state index contributed by atoms with van der Waals surface area (Å²) in [6, 6.07) is 0. The van der Waals surface area contributed by atoms with Gasteiger partial charge in [-0.1, -0.05) is 6.92 Å². The first-order valence-corrected chi connectivity index (χ1v) is 8.02. The Hall–Kier alpha value is -1.84. The zero-order valence-corrected chi connectivity index (χ0v) is 15.7. The molecular formula is C16H24F3NO6. The third kappa shape index (κ3) is 4.66. The van der Waals surface area contributed by atoms with Gasteiger partial charge >= 0.3 is 18.3 Å². The van der Waals surface area contributed by atoms with E-state index in [4.69, 9.17) is 9.47 Å². The molecule has 2 atom stereocenters. The van der Waals surface area contributed by atoms with Gasteiger partial charge in [0.05, 0.1) is 12.0 Å². The summed E-state index contributed by atoms with van der Waals surface area (Å²) < 4.78 is 54.5. The lowest BCUT2D eigenvalue weighted by atomic mass is 9.84. The number of halogens is 3. The summed E-state index contributed by atoms with van der Waals surface area (Å²) in [5.74, 6) is -2.26. The molecule has 0 aromatic rings. The van der Waals surface area contributed by atoms with E-state index in [1.54, 1.807) is 6.92 Å². The van der Waals surface area contributed by atoms with Crippen LogP contribution in [-0.4, -0.2) is 53.6 Å². The van der Waals surface area contributed by atoms with Gasteiger partial charge < -0.3 is 14.2 Å². The van der Waals surface area contributed by atoms with Crippen LogP contribution in [0.5, 0.6) is 0 Å². The molecule has 1 amide bonds. The number of hydrogen-bond acceptors (Lipinski definition) is 6. The Morgan fingerprint density at radius 2 is 1.77 bits per heavy atom. The molecular weight excluding hydrogens is 359 g/mol. The summed E-state index contributed by atoms with van der Waals surface area (Å²) in [6.45, 7) is 6.73. The molecule has 0 saturated carbocycles. The Labute approximate surface area is 149 Å². The summed E-state index contributed by atoms with van der Waals surface area (Å²) in [4.78, 5) is 36.3. The van der Waals surface area contributed by atoms with Gasteiger partial charge in [0.1, 0.15) is 12.1 Å². The fourth-order valence-electron chi connectivity index (χ4n) is 2.20. The van der Waals surface area contributed by atoms with E-state index in [1.165, 1.54) is 27.7 Å². The van der Waals surface area contributed by atoms with Crippen LogP contribution in [0.1, 0.15) is 48.0 Å². The molecule has 7 nitrogen and oxygen atoms in total. The molecule has 0 N–H and O–H groups in total. The van der Waals surface area contributed by atoms with Crippen LogP contribution in [0.4, 0.5) is 18.0 Å². The van der Waals surface area contributed by atoms with Crippen LogP contribution in [-0.2, 0) is 23.8 Å². The van der Waals surface area contributed by atoms with E-state index in [0.717, 1.165) is 0 Å². The van der Waals surface area contributed by atoms with Crippen molar-refractivity contribution >= 4 is 18.0 Å². The van der Waals surface area contributed by atoms with Gasteiger partial charge in [0, 0.05) is 0 Å². The van der Waals surface area contributed by atoms with Crippen molar-refractivity contribution in [2.45, 2.75) is 65.5 Å². The number of carbonyl (C=O) groups excluding carboxylic acids is 3. The summed E-state index contributed by atoms with van der Waals surface area (Å²) in [5, 5.41) is 0. The molecule has 150 valence electrons. The minimum absolute atomic E-state index is 0.206. The quantitative estimate of drug-likeness (QED) is 0.550. The fourth-order valence-corrected chi connectivity index (χ4v) is 2.20. The van der Waals surface area contributed by atoms with Crippen LogP contribution in [0.3, 0.4) is 0 Å². The molecule has 0 aliphatic carbocycles. The number of esters is 1. The summed E-state index contributed by atoms with van der Waals surface area (Å²) >= 11 is 0. The van der Waals surface area contributed by atoms with Crippen molar-refractivity contribution in [3.8, 4) is 0 Å². The van der Waals surface area contributed by atoms with Gasteiger partial charge in [0.2, 0.25) is 11.6 Å². The number of hydrogen-bond donors (Lipinski definition) is 0. The van der Waals surface area contributed by atoms with Crippen LogP contribution in [0.25, 0.3) is 0 Å². The number of ether oxygens (including phenoxy) is 3. The lowest BCUT2D eigenvalue weighted by Gasteiger charge is -2.49. The van der Waals surface area contributed by atoms with E-state index in [0.29, 0.717) is 6.92 Å². The summed E-state index contributed by atoms with van der Waals surface area (Å²) in [6.07, 6.45) is -6.11. The van der Waals surface area contributed by atoms with E-state index in [1.807, 2.05) is 0 Å². The molecule has 0 radical (unpaired) electrons. The maximum absolute atomic E-state index is 13.5. The Balaban J connectivity index is 3.03. The maximum atomic E-state index is 13.5.